The highest BCUT2D eigenvalue weighted by molar-refractivity contribution is 7.91. The Balaban J connectivity index is 2.11. The molecule has 3 aromatic carbocycles. The molecule has 1 heterocycles. The van der Waals surface area contributed by atoms with Crippen molar-refractivity contribution < 1.29 is 17.2 Å². The Morgan fingerprint density at radius 2 is 1.64 bits per heavy atom. The number of para-hydroxylation sites is 1. The van der Waals surface area contributed by atoms with Crippen molar-refractivity contribution in [1.29, 1.82) is 0 Å². The fourth-order valence-corrected chi connectivity index (χ4v) is 4.73. The molecule has 140 valence electrons. The van der Waals surface area contributed by atoms with Gasteiger partial charge in [-0.2, -0.15) is 0 Å². The van der Waals surface area contributed by atoms with Crippen LogP contribution in [0.15, 0.2) is 82.7 Å². The summed E-state index contributed by atoms with van der Waals surface area (Å²) >= 11 is 6.09. The number of hydrogen-bond donors (Lipinski definition) is 0. The maximum absolute atomic E-state index is 14.3. The summed E-state index contributed by atoms with van der Waals surface area (Å²) in [5, 5.41) is 0.715. The third-order valence-corrected chi connectivity index (χ3v) is 6.32. The van der Waals surface area contributed by atoms with Gasteiger partial charge in [-0.3, -0.25) is 4.98 Å². The lowest BCUT2D eigenvalue weighted by Gasteiger charge is -2.14. The molecular formula is C21H12ClF2NO2S. The Labute approximate surface area is 165 Å². The van der Waals surface area contributed by atoms with Gasteiger partial charge in [-0.15, -0.1) is 0 Å². The first kappa shape index (κ1) is 18.5. The Kier molecular flexibility index (Phi) is 4.61. The number of benzene rings is 3. The molecule has 0 bridgehead atoms. The molecule has 0 amide bonds. The first-order valence-corrected chi connectivity index (χ1v) is 10.1. The van der Waals surface area contributed by atoms with Crippen LogP contribution in [0, 0.1) is 11.6 Å². The zero-order chi connectivity index (χ0) is 19.9. The molecule has 1 aromatic heterocycles. The van der Waals surface area contributed by atoms with Crippen LogP contribution in [0.4, 0.5) is 8.78 Å². The number of aromatic nitrogens is 1. The molecule has 7 heteroatoms. The van der Waals surface area contributed by atoms with Gasteiger partial charge in [0.1, 0.15) is 17.2 Å². The molecule has 0 aliphatic heterocycles. The minimum absolute atomic E-state index is 0.0377. The van der Waals surface area contributed by atoms with Crippen molar-refractivity contribution in [3.63, 3.8) is 0 Å². The molecule has 28 heavy (non-hydrogen) atoms. The van der Waals surface area contributed by atoms with Crippen LogP contribution in [0.1, 0.15) is 0 Å². The van der Waals surface area contributed by atoms with Gasteiger partial charge in [-0.25, -0.2) is 17.2 Å². The van der Waals surface area contributed by atoms with Gasteiger partial charge in [0.05, 0.1) is 9.79 Å². The molecule has 4 aromatic rings. The van der Waals surface area contributed by atoms with Crippen molar-refractivity contribution >= 4 is 32.3 Å². The predicted molar refractivity (Wildman–Crippen MR) is 104 cm³/mol. The molecule has 0 aliphatic carbocycles. The van der Waals surface area contributed by atoms with Gasteiger partial charge in [0.2, 0.25) is 9.84 Å². The molecule has 0 atom stereocenters. The monoisotopic (exact) mass is 415 g/mol. The highest BCUT2D eigenvalue weighted by Gasteiger charge is 2.25. The van der Waals surface area contributed by atoms with E-state index < -0.39 is 21.5 Å². The summed E-state index contributed by atoms with van der Waals surface area (Å²) in [6.45, 7) is 0. The van der Waals surface area contributed by atoms with Gasteiger partial charge in [0.25, 0.3) is 0 Å². The molecule has 0 saturated carbocycles. The molecule has 0 radical (unpaired) electrons. The van der Waals surface area contributed by atoms with Gasteiger partial charge in [-0.05, 0) is 42.0 Å². The Morgan fingerprint density at radius 1 is 0.893 bits per heavy atom. The number of nitrogens with zero attached hydrogens (tertiary/aromatic N) is 1. The van der Waals surface area contributed by atoms with Crippen molar-refractivity contribution in [2.24, 2.45) is 0 Å². The van der Waals surface area contributed by atoms with E-state index in [1.807, 2.05) is 0 Å². The fourth-order valence-electron chi connectivity index (χ4n) is 3.08. The lowest BCUT2D eigenvalue weighted by Crippen LogP contribution is -2.06. The highest BCUT2D eigenvalue weighted by atomic mass is 35.5. The fraction of sp³-hybridized carbons (Fsp3) is 0. The van der Waals surface area contributed by atoms with Gasteiger partial charge in [0.15, 0.2) is 0 Å². The summed E-state index contributed by atoms with van der Waals surface area (Å²) in [5.41, 5.74) is 0.785. The Bertz CT molecular complexity index is 1320. The molecule has 4 rings (SSSR count). The van der Waals surface area contributed by atoms with E-state index >= 15 is 0 Å². The SMILES string of the molecule is O=S(=O)(c1cccc(F)c1)c1cnc2c(F)cccc2c1-c1cccc(Cl)c1. The van der Waals surface area contributed by atoms with Crippen LogP contribution in [-0.2, 0) is 9.84 Å². The van der Waals surface area contributed by atoms with E-state index in [0.29, 0.717) is 16.0 Å². The average Bonchev–Trinajstić information content (AvgIpc) is 2.67. The van der Waals surface area contributed by atoms with Gasteiger partial charge < -0.3 is 0 Å². The molecule has 0 spiro atoms. The Morgan fingerprint density at radius 3 is 2.39 bits per heavy atom. The quantitative estimate of drug-likeness (QED) is 0.433. The summed E-state index contributed by atoms with van der Waals surface area (Å²) in [4.78, 5) is 3.65. The van der Waals surface area contributed by atoms with Crippen molar-refractivity contribution in [3.8, 4) is 11.1 Å². The molecule has 0 saturated heterocycles. The van der Waals surface area contributed by atoms with Gasteiger partial charge in [0, 0.05) is 22.2 Å². The maximum Gasteiger partial charge on any atom is 0.208 e. The van der Waals surface area contributed by atoms with E-state index in [1.165, 1.54) is 24.3 Å². The minimum Gasteiger partial charge on any atom is -0.252 e. The summed E-state index contributed by atoms with van der Waals surface area (Å²) in [5.74, 6) is -1.25. The molecule has 0 unspecified atom stereocenters. The molecule has 0 N–H and O–H groups in total. The number of sulfone groups is 1. The van der Waals surface area contributed by atoms with Crippen LogP contribution in [0.5, 0.6) is 0 Å². The van der Waals surface area contributed by atoms with E-state index in [1.54, 1.807) is 30.3 Å². The lowest BCUT2D eigenvalue weighted by atomic mass is 10.0. The topological polar surface area (TPSA) is 47.0 Å². The van der Waals surface area contributed by atoms with Crippen molar-refractivity contribution in [3.05, 3.63) is 89.6 Å². The molecule has 0 fully saturated rings. The van der Waals surface area contributed by atoms with Crippen LogP contribution >= 0.6 is 11.6 Å². The second kappa shape index (κ2) is 6.96. The van der Waals surface area contributed by atoms with Gasteiger partial charge in [-0.1, -0.05) is 41.9 Å². The highest BCUT2D eigenvalue weighted by Crippen LogP contribution is 2.37. The average molecular weight is 416 g/mol. The van der Waals surface area contributed by atoms with E-state index in [0.717, 1.165) is 18.3 Å². The van der Waals surface area contributed by atoms with E-state index in [4.69, 9.17) is 11.6 Å². The number of halogens is 3. The summed E-state index contributed by atoms with van der Waals surface area (Å²) in [6, 6.07) is 15.6. The van der Waals surface area contributed by atoms with Crippen LogP contribution in [0.3, 0.4) is 0 Å². The molecule has 0 aliphatic rings. The number of pyridine rings is 1. The first-order chi connectivity index (χ1) is 13.4. The predicted octanol–water partition coefficient (Wildman–Crippen LogP) is 5.67. The third-order valence-electron chi connectivity index (χ3n) is 4.32. The molecule has 3 nitrogen and oxygen atoms in total. The van der Waals surface area contributed by atoms with E-state index in [-0.39, 0.29) is 20.9 Å². The normalized spacial score (nSPS) is 11.7. The standard InChI is InChI=1S/C21H12ClF2NO2S/c22-14-5-1-4-13(10-14)20-17-8-3-9-18(24)21(17)25-12-19(20)28(26,27)16-7-2-6-15(23)11-16/h1-12H. The number of fused-ring (bicyclic) bond motifs is 1. The second-order valence-electron chi connectivity index (χ2n) is 6.10. The van der Waals surface area contributed by atoms with E-state index in [2.05, 4.69) is 4.98 Å². The van der Waals surface area contributed by atoms with Crippen molar-refractivity contribution in [2.75, 3.05) is 0 Å². The van der Waals surface area contributed by atoms with Crippen LogP contribution < -0.4 is 0 Å². The molecular weight excluding hydrogens is 404 g/mol. The lowest BCUT2D eigenvalue weighted by molar-refractivity contribution is 0.590. The first-order valence-electron chi connectivity index (χ1n) is 8.22. The third kappa shape index (κ3) is 3.15. The number of rotatable bonds is 3. The Hall–Kier alpha value is -2.83. The number of hydrogen-bond acceptors (Lipinski definition) is 3. The van der Waals surface area contributed by atoms with Gasteiger partial charge >= 0.3 is 0 Å². The zero-order valence-corrected chi connectivity index (χ0v) is 15.8. The van der Waals surface area contributed by atoms with Crippen molar-refractivity contribution in [2.45, 2.75) is 9.79 Å². The van der Waals surface area contributed by atoms with Crippen molar-refractivity contribution in [1.82, 2.24) is 4.98 Å². The largest absolute Gasteiger partial charge is 0.252 e. The van der Waals surface area contributed by atoms with E-state index in [9.17, 15) is 17.2 Å². The summed E-state index contributed by atoms with van der Waals surface area (Å²) < 4.78 is 54.4. The maximum atomic E-state index is 14.3. The zero-order valence-electron chi connectivity index (χ0n) is 14.2. The van der Waals surface area contributed by atoms with Crippen LogP contribution in [-0.4, -0.2) is 13.4 Å². The van der Waals surface area contributed by atoms with Crippen LogP contribution in [0.2, 0.25) is 5.02 Å². The summed E-state index contributed by atoms with van der Waals surface area (Å²) in [7, 11) is -4.13. The second-order valence-corrected chi connectivity index (χ2v) is 8.46. The summed E-state index contributed by atoms with van der Waals surface area (Å²) in [6.07, 6.45) is 1.10. The minimum atomic E-state index is -4.13. The van der Waals surface area contributed by atoms with Crippen LogP contribution in [0.25, 0.3) is 22.0 Å². The smallest absolute Gasteiger partial charge is 0.208 e.